The van der Waals surface area contributed by atoms with Gasteiger partial charge in [-0.3, -0.25) is 0 Å². The number of fused-ring (bicyclic) bond motifs is 4. The molecule has 0 saturated carbocycles. The lowest BCUT2D eigenvalue weighted by Crippen LogP contribution is -2.29. The standard InChI is InChI=1S/C18H17N5O/c19-18-21-7-13-14(22-18)6-5-12(17(13)24)16-11-4-2-1-3-10(11)15-8-20-9-23(15)16/h1-4,7-9,12,16-17,24H,5-6H2,(H2,19,21,22)/t12-,16?,17+/m1/s1. The summed E-state index contributed by atoms with van der Waals surface area (Å²) in [7, 11) is 0. The molecule has 24 heavy (non-hydrogen) atoms. The topological polar surface area (TPSA) is 89.9 Å². The van der Waals surface area contributed by atoms with E-state index in [4.69, 9.17) is 5.73 Å². The smallest absolute Gasteiger partial charge is 0.220 e. The second-order valence-corrected chi connectivity index (χ2v) is 6.50. The van der Waals surface area contributed by atoms with Crippen LogP contribution in [0.5, 0.6) is 0 Å². The number of imidazole rings is 1. The molecule has 2 aromatic heterocycles. The van der Waals surface area contributed by atoms with Crippen molar-refractivity contribution in [1.82, 2.24) is 19.5 Å². The first-order valence-electron chi connectivity index (χ1n) is 8.14. The zero-order chi connectivity index (χ0) is 16.3. The highest BCUT2D eigenvalue weighted by Crippen LogP contribution is 2.49. The Kier molecular flexibility index (Phi) is 2.78. The molecular formula is C18H17N5O. The minimum atomic E-state index is -0.610. The van der Waals surface area contributed by atoms with Crippen LogP contribution in [0.25, 0.3) is 11.3 Å². The van der Waals surface area contributed by atoms with Crippen LogP contribution >= 0.6 is 0 Å². The molecule has 0 spiro atoms. The molecule has 5 rings (SSSR count). The predicted molar refractivity (Wildman–Crippen MR) is 89.0 cm³/mol. The number of rotatable bonds is 1. The summed E-state index contributed by atoms with van der Waals surface area (Å²) < 4.78 is 2.18. The number of nitrogens with zero attached hydrogens (tertiary/aromatic N) is 4. The van der Waals surface area contributed by atoms with E-state index in [1.54, 1.807) is 6.20 Å². The Morgan fingerprint density at radius 2 is 2.04 bits per heavy atom. The van der Waals surface area contributed by atoms with Crippen LogP contribution in [0.1, 0.15) is 35.4 Å². The number of benzene rings is 1. The normalized spacial score (nSPS) is 24.3. The maximum atomic E-state index is 11.0. The van der Waals surface area contributed by atoms with Gasteiger partial charge < -0.3 is 15.4 Å². The van der Waals surface area contributed by atoms with Gasteiger partial charge in [-0.25, -0.2) is 15.0 Å². The summed E-state index contributed by atoms with van der Waals surface area (Å²) in [4.78, 5) is 12.7. The predicted octanol–water partition coefficient (Wildman–Crippen LogP) is 2.12. The highest BCUT2D eigenvalue weighted by Gasteiger charge is 2.40. The van der Waals surface area contributed by atoms with Gasteiger partial charge in [0.1, 0.15) is 0 Å². The van der Waals surface area contributed by atoms with Crippen molar-refractivity contribution in [3.05, 3.63) is 59.8 Å². The minimum Gasteiger partial charge on any atom is -0.388 e. The third-order valence-corrected chi connectivity index (χ3v) is 5.28. The van der Waals surface area contributed by atoms with Gasteiger partial charge >= 0.3 is 0 Å². The molecule has 120 valence electrons. The van der Waals surface area contributed by atoms with Gasteiger partial charge in [0.25, 0.3) is 0 Å². The fraction of sp³-hybridized carbons (Fsp3) is 0.278. The van der Waals surface area contributed by atoms with E-state index in [2.05, 4.69) is 37.7 Å². The van der Waals surface area contributed by atoms with E-state index in [9.17, 15) is 5.11 Å². The summed E-state index contributed by atoms with van der Waals surface area (Å²) in [6.45, 7) is 0. The Morgan fingerprint density at radius 1 is 1.17 bits per heavy atom. The molecule has 1 unspecified atom stereocenters. The summed E-state index contributed by atoms with van der Waals surface area (Å²) in [5, 5.41) is 11.0. The van der Waals surface area contributed by atoms with Crippen LogP contribution < -0.4 is 5.73 Å². The zero-order valence-electron chi connectivity index (χ0n) is 13.0. The highest BCUT2D eigenvalue weighted by atomic mass is 16.3. The van der Waals surface area contributed by atoms with Crippen molar-refractivity contribution in [3.8, 4) is 11.3 Å². The average molecular weight is 319 g/mol. The van der Waals surface area contributed by atoms with E-state index in [1.165, 1.54) is 11.1 Å². The lowest BCUT2D eigenvalue weighted by molar-refractivity contribution is 0.0707. The second kappa shape index (κ2) is 4.88. The third kappa shape index (κ3) is 1.77. The van der Waals surface area contributed by atoms with Crippen LogP contribution in [-0.4, -0.2) is 24.6 Å². The van der Waals surface area contributed by atoms with Crippen LogP contribution in [-0.2, 0) is 6.42 Å². The molecule has 3 heterocycles. The lowest BCUT2D eigenvalue weighted by Gasteiger charge is -2.34. The number of nitrogen functional groups attached to an aromatic ring is 1. The molecule has 6 heteroatoms. The molecular weight excluding hydrogens is 302 g/mol. The number of anilines is 1. The van der Waals surface area contributed by atoms with Gasteiger partial charge in [-0.1, -0.05) is 24.3 Å². The maximum absolute atomic E-state index is 11.0. The Balaban J connectivity index is 1.62. The Morgan fingerprint density at radius 3 is 2.96 bits per heavy atom. The Labute approximate surface area is 139 Å². The number of aromatic nitrogens is 4. The van der Waals surface area contributed by atoms with Crippen molar-refractivity contribution in [2.75, 3.05) is 5.73 Å². The third-order valence-electron chi connectivity index (χ3n) is 5.28. The number of aliphatic hydroxyl groups is 1. The van der Waals surface area contributed by atoms with Gasteiger partial charge in [0.2, 0.25) is 5.95 Å². The molecule has 3 aromatic rings. The van der Waals surface area contributed by atoms with Gasteiger partial charge in [0, 0.05) is 23.2 Å². The Bertz CT molecular complexity index is 935. The van der Waals surface area contributed by atoms with Crippen molar-refractivity contribution in [1.29, 1.82) is 0 Å². The van der Waals surface area contributed by atoms with Gasteiger partial charge in [0.05, 0.1) is 36.1 Å². The molecule has 0 fully saturated rings. The summed E-state index contributed by atoms with van der Waals surface area (Å²) in [6.07, 6.45) is 6.46. The minimum absolute atomic E-state index is 0.0568. The quantitative estimate of drug-likeness (QED) is 0.717. The molecule has 6 nitrogen and oxygen atoms in total. The first-order valence-corrected chi connectivity index (χ1v) is 8.14. The first-order chi connectivity index (χ1) is 11.7. The van der Waals surface area contributed by atoms with E-state index in [-0.39, 0.29) is 17.9 Å². The van der Waals surface area contributed by atoms with Crippen molar-refractivity contribution >= 4 is 5.95 Å². The molecule has 0 saturated heterocycles. The molecule has 0 bridgehead atoms. The van der Waals surface area contributed by atoms with Crippen LogP contribution in [0.15, 0.2) is 43.0 Å². The maximum Gasteiger partial charge on any atom is 0.220 e. The number of nitrogens with two attached hydrogens (primary N) is 1. The van der Waals surface area contributed by atoms with Crippen molar-refractivity contribution in [3.63, 3.8) is 0 Å². The van der Waals surface area contributed by atoms with Crippen molar-refractivity contribution < 1.29 is 5.11 Å². The number of aliphatic hydroxyl groups excluding tert-OH is 1. The monoisotopic (exact) mass is 319 g/mol. The molecule has 3 atom stereocenters. The second-order valence-electron chi connectivity index (χ2n) is 6.50. The van der Waals surface area contributed by atoms with E-state index in [0.29, 0.717) is 0 Å². The largest absolute Gasteiger partial charge is 0.388 e. The Hall–Kier alpha value is -2.73. The fourth-order valence-electron chi connectivity index (χ4n) is 4.22. The van der Waals surface area contributed by atoms with Crippen LogP contribution in [0.4, 0.5) is 5.95 Å². The van der Waals surface area contributed by atoms with Gasteiger partial charge in [-0.15, -0.1) is 0 Å². The summed E-state index contributed by atoms with van der Waals surface area (Å²) in [5.41, 5.74) is 10.9. The number of hydrogen-bond acceptors (Lipinski definition) is 5. The fourth-order valence-corrected chi connectivity index (χ4v) is 4.22. The highest BCUT2D eigenvalue weighted by molar-refractivity contribution is 5.69. The van der Waals surface area contributed by atoms with E-state index >= 15 is 0 Å². The molecule has 1 aliphatic heterocycles. The molecule has 0 radical (unpaired) electrons. The van der Waals surface area contributed by atoms with Gasteiger partial charge in [-0.2, -0.15) is 0 Å². The SMILES string of the molecule is Nc1ncc2c(n1)CC[C@H](C1c3ccccc3-c3cncn31)[C@@H]2O. The van der Waals surface area contributed by atoms with Gasteiger partial charge in [0.15, 0.2) is 0 Å². The molecule has 1 aromatic carbocycles. The molecule has 3 N–H and O–H groups in total. The van der Waals surface area contributed by atoms with Crippen molar-refractivity contribution in [2.24, 2.45) is 5.92 Å². The number of aryl methyl sites for hydroxylation is 1. The average Bonchev–Trinajstić information content (AvgIpc) is 3.16. The van der Waals surface area contributed by atoms with E-state index < -0.39 is 6.10 Å². The van der Waals surface area contributed by atoms with Crippen LogP contribution in [0, 0.1) is 5.92 Å². The zero-order valence-corrected chi connectivity index (χ0v) is 13.0. The molecule has 1 aliphatic carbocycles. The summed E-state index contributed by atoms with van der Waals surface area (Å²) in [6, 6.07) is 8.45. The van der Waals surface area contributed by atoms with E-state index in [0.717, 1.165) is 29.8 Å². The van der Waals surface area contributed by atoms with Crippen LogP contribution in [0.3, 0.4) is 0 Å². The molecule has 0 amide bonds. The number of hydrogen-bond donors (Lipinski definition) is 2. The summed E-state index contributed by atoms with van der Waals surface area (Å²) in [5.74, 6) is 0.323. The first kappa shape index (κ1) is 13.7. The van der Waals surface area contributed by atoms with E-state index in [1.807, 2.05) is 18.6 Å². The lowest BCUT2D eigenvalue weighted by atomic mass is 9.78. The summed E-state index contributed by atoms with van der Waals surface area (Å²) >= 11 is 0. The molecule has 2 aliphatic rings. The van der Waals surface area contributed by atoms with Crippen LogP contribution in [0.2, 0.25) is 0 Å². The van der Waals surface area contributed by atoms with Crippen molar-refractivity contribution in [2.45, 2.75) is 25.0 Å². The van der Waals surface area contributed by atoms with Gasteiger partial charge in [-0.05, 0) is 18.4 Å².